The standard InChI is InChI=1S/C12H17ClN2O2/c1-8-5-10(13)9(6-14-8)11(17)15(4)12(2,3)7-16/h5-6,16H,7H2,1-4H3. The van der Waals surface area contributed by atoms with E-state index in [1.54, 1.807) is 27.0 Å². The van der Waals surface area contributed by atoms with Gasteiger partial charge in [0.15, 0.2) is 0 Å². The fraction of sp³-hybridized carbons (Fsp3) is 0.500. The molecule has 4 nitrogen and oxygen atoms in total. The van der Waals surface area contributed by atoms with E-state index >= 15 is 0 Å². The molecule has 1 N–H and O–H groups in total. The third kappa shape index (κ3) is 2.96. The van der Waals surface area contributed by atoms with Crippen molar-refractivity contribution >= 4 is 17.5 Å². The number of hydrogen-bond acceptors (Lipinski definition) is 3. The first-order valence-corrected chi connectivity index (χ1v) is 5.68. The number of aromatic nitrogens is 1. The quantitative estimate of drug-likeness (QED) is 0.899. The molecule has 0 aliphatic heterocycles. The molecule has 94 valence electrons. The number of carbonyl (C=O) groups excluding carboxylic acids is 1. The molecule has 0 aromatic carbocycles. The zero-order valence-electron chi connectivity index (χ0n) is 10.5. The van der Waals surface area contributed by atoms with Gasteiger partial charge in [-0.1, -0.05) is 11.6 Å². The summed E-state index contributed by atoms with van der Waals surface area (Å²) < 4.78 is 0. The lowest BCUT2D eigenvalue weighted by Crippen LogP contribution is -2.47. The lowest BCUT2D eigenvalue weighted by molar-refractivity contribution is 0.0473. The van der Waals surface area contributed by atoms with Gasteiger partial charge in [0.1, 0.15) is 0 Å². The molecule has 1 aromatic heterocycles. The van der Waals surface area contributed by atoms with Crippen molar-refractivity contribution < 1.29 is 9.90 Å². The lowest BCUT2D eigenvalue weighted by atomic mass is 10.0. The van der Waals surface area contributed by atoms with Gasteiger partial charge < -0.3 is 10.0 Å². The van der Waals surface area contributed by atoms with Gasteiger partial charge in [-0.2, -0.15) is 0 Å². The fourth-order valence-corrected chi connectivity index (χ4v) is 1.53. The average molecular weight is 257 g/mol. The predicted octanol–water partition coefficient (Wildman–Crippen LogP) is 1.89. The Morgan fingerprint density at radius 2 is 2.18 bits per heavy atom. The van der Waals surface area contributed by atoms with Gasteiger partial charge in [0.05, 0.1) is 22.7 Å². The highest BCUT2D eigenvalue weighted by Gasteiger charge is 2.28. The van der Waals surface area contributed by atoms with Crippen LogP contribution in [-0.2, 0) is 0 Å². The summed E-state index contributed by atoms with van der Waals surface area (Å²) in [6.45, 7) is 5.24. The molecule has 0 saturated heterocycles. The van der Waals surface area contributed by atoms with E-state index in [9.17, 15) is 9.90 Å². The van der Waals surface area contributed by atoms with E-state index in [2.05, 4.69) is 4.98 Å². The van der Waals surface area contributed by atoms with Gasteiger partial charge in [-0.15, -0.1) is 0 Å². The highest BCUT2D eigenvalue weighted by atomic mass is 35.5. The number of hydrogen-bond donors (Lipinski definition) is 1. The first kappa shape index (κ1) is 13.9. The van der Waals surface area contributed by atoms with E-state index < -0.39 is 5.54 Å². The summed E-state index contributed by atoms with van der Waals surface area (Å²) in [6.07, 6.45) is 1.46. The zero-order valence-corrected chi connectivity index (χ0v) is 11.2. The van der Waals surface area contributed by atoms with Gasteiger partial charge >= 0.3 is 0 Å². The Labute approximate surface area is 106 Å². The zero-order chi connectivity index (χ0) is 13.2. The Morgan fingerprint density at radius 3 is 2.65 bits per heavy atom. The van der Waals surface area contributed by atoms with Crippen LogP contribution >= 0.6 is 11.6 Å². The van der Waals surface area contributed by atoms with Crippen molar-refractivity contribution in [3.8, 4) is 0 Å². The number of halogens is 1. The molecule has 1 rings (SSSR count). The molecule has 5 heteroatoms. The first-order valence-electron chi connectivity index (χ1n) is 5.31. The van der Waals surface area contributed by atoms with Crippen LogP contribution < -0.4 is 0 Å². The summed E-state index contributed by atoms with van der Waals surface area (Å²) in [5.41, 5.74) is 0.475. The number of aliphatic hydroxyl groups is 1. The number of amides is 1. The van der Waals surface area contributed by atoms with Crippen LogP contribution in [0.5, 0.6) is 0 Å². The second-order valence-electron chi connectivity index (χ2n) is 4.64. The SMILES string of the molecule is Cc1cc(Cl)c(C(=O)N(C)C(C)(C)CO)cn1. The molecule has 0 aliphatic carbocycles. The minimum Gasteiger partial charge on any atom is -0.394 e. The summed E-state index contributed by atoms with van der Waals surface area (Å²) in [5.74, 6) is -0.249. The number of rotatable bonds is 3. The topological polar surface area (TPSA) is 53.4 Å². The molecule has 1 amide bonds. The third-order valence-corrected chi connectivity index (χ3v) is 3.13. The first-order chi connectivity index (χ1) is 7.79. The number of nitrogens with zero attached hydrogens (tertiary/aromatic N) is 2. The second kappa shape index (κ2) is 5.02. The van der Waals surface area contributed by atoms with Crippen LogP contribution in [-0.4, -0.2) is 40.1 Å². The molecule has 0 saturated carbocycles. The highest BCUT2D eigenvalue weighted by molar-refractivity contribution is 6.33. The summed E-state index contributed by atoms with van der Waals surface area (Å²) >= 11 is 6.01. The summed E-state index contributed by atoms with van der Waals surface area (Å²) in [4.78, 5) is 17.7. The normalized spacial score (nSPS) is 11.4. The van der Waals surface area contributed by atoms with E-state index in [0.717, 1.165) is 5.69 Å². The number of likely N-dealkylation sites (N-methyl/N-ethyl adjacent to an activating group) is 1. The average Bonchev–Trinajstić information content (AvgIpc) is 2.27. The van der Waals surface area contributed by atoms with E-state index in [0.29, 0.717) is 10.6 Å². The van der Waals surface area contributed by atoms with E-state index in [1.165, 1.54) is 11.1 Å². The summed E-state index contributed by atoms with van der Waals surface area (Å²) in [7, 11) is 1.63. The van der Waals surface area contributed by atoms with Crippen molar-refractivity contribution in [1.82, 2.24) is 9.88 Å². The van der Waals surface area contributed by atoms with Crippen LogP contribution in [0, 0.1) is 6.92 Å². The minimum atomic E-state index is -0.634. The maximum absolute atomic E-state index is 12.2. The molecular weight excluding hydrogens is 240 g/mol. The monoisotopic (exact) mass is 256 g/mol. The van der Waals surface area contributed by atoms with Gasteiger partial charge in [-0.25, -0.2) is 0 Å². The molecule has 0 radical (unpaired) electrons. The van der Waals surface area contributed by atoms with E-state index in [1.807, 2.05) is 6.92 Å². The highest BCUT2D eigenvalue weighted by Crippen LogP contribution is 2.21. The van der Waals surface area contributed by atoms with Crippen LogP contribution in [0.15, 0.2) is 12.3 Å². The smallest absolute Gasteiger partial charge is 0.257 e. The third-order valence-electron chi connectivity index (χ3n) is 2.82. The molecule has 0 fully saturated rings. The van der Waals surface area contributed by atoms with Crippen LogP contribution in [0.25, 0.3) is 0 Å². The van der Waals surface area contributed by atoms with E-state index in [4.69, 9.17) is 11.6 Å². The van der Waals surface area contributed by atoms with Crippen LogP contribution in [0.3, 0.4) is 0 Å². The number of aliphatic hydroxyl groups excluding tert-OH is 1. The molecule has 1 heterocycles. The largest absolute Gasteiger partial charge is 0.394 e. The molecule has 1 aromatic rings. The van der Waals surface area contributed by atoms with Gasteiger partial charge in [0, 0.05) is 18.9 Å². The van der Waals surface area contributed by atoms with Gasteiger partial charge in [-0.3, -0.25) is 9.78 Å². The molecule has 0 spiro atoms. The number of aryl methyl sites for hydroxylation is 1. The number of pyridine rings is 1. The Morgan fingerprint density at radius 1 is 1.59 bits per heavy atom. The Kier molecular flexibility index (Phi) is 4.11. The van der Waals surface area contributed by atoms with Gasteiger partial charge in [-0.05, 0) is 26.8 Å². The maximum Gasteiger partial charge on any atom is 0.257 e. The molecule has 0 aliphatic rings. The minimum absolute atomic E-state index is 0.119. The molecule has 0 atom stereocenters. The van der Waals surface area contributed by atoms with Crippen LogP contribution in [0.4, 0.5) is 0 Å². The second-order valence-corrected chi connectivity index (χ2v) is 5.05. The van der Waals surface area contributed by atoms with Crippen molar-refractivity contribution in [1.29, 1.82) is 0 Å². The number of carbonyl (C=O) groups is 1. The lowest BCUT2D eigenvalue weighted by Gasteiger charge is -2.34. The molecular formula is C12H17ClN2O2. The Bertz CT molecular complexity index is 433. The summed E-state index contributed by atoms with van der Waals surface area (Å²) in [5, 5.41) is 9.61. The van der Waals surface area contributed by atoms with Crippen LogP contribution in [0.2, 0.25) is 5.02 Å². The predicted molar refractivity (Wildman–Crippen MR) is 67.2 cm³/mol. The molecule has 0 bridgehead atoms. The van der Waals surface area contributed by atoms with Gasteiger partial charge in [0.2, 0.25) is 0 Å². The van der Waals surface area contributed by atoms with Crippen molar-refractivity contribution in [2.45, 2.75) is 26.3 Å². The maximum atomic E-state index is 12.2. The van der Waals surface area contributed by atoms with Crippen molar-refractivity contribution in [2.24, 2.45) is 0 Å². The summed E-state index contributed by atoms with van der Waals surface area (Å²) in [6, 6.07) is 1.65. The molecule has 17 heavy (non-hydrogen) atoms. The van der Waals surface area contributed by atoms with Crippen LogP contribution in [0.1, 0.15) is 29.9 Å². The molecule has 0 unspecified atom stereocenters. The van der Waals surface area contributed by atoms with Crippen molar-refractivity contribution in [3.63, 3.8) is 0 Å². The van der Waals surface area contributed by atoms with Crippen molar-refractivity contribution in [2.75, 3.05) is 13.7 Å². The Balaban J connectivity index is 3.05. The Hall–Kier alpha value is -1.13. The fourth-order valence-electron chi connectivity index (χ4n) is 1.25. The van der Waals surface area contributed by atoms with Gasteiger partial charge in [0.25, 0.3) is 5.91 Å². The van der Waals surface area contributed by atoms with E-state index in [-0.39, 0.29) is 12.5 Å². The van der Waals surface area contributed by atoms with Crippen molar-refractivity contribution in [3.05, 3.63) is 28.5 Å².